The van der Waals surface area contributed by atoms with Gasteiger partial charge in [-0.25, -0.2) is 18.7 Å². The molecule has 0 aliphatic rings. The normalized spacial score (nSPS) is 10.6. The summed E-state index contributed by atoms with van der Waals surface area (Å²) in [5.74, 6) is -1.99. The zero-order valence-corrected chi connectivity index (χ0v) is 12.5. The number of halogens is 2. The largest absolute Gasteiger partial charge is 0.350 e. The van der Waals surface area contributed by atoms with Gasteiger partial charge in [0, 0.05) is 37.9 Å². The van der Waals surface area contributed by atoms with E-state index in [4.69, 9.17) is 0 Å². The summed E-state index contributed by atoms with van der Waals surface area (Å²) in [5.41, 5.74) is 0.00579. The summed E-state index contributed by atoms with van der Waals surface area (Å²) >= 11 is 0. The molecule has 24 heavy (non-hydrogen) atoms. The lowest BCUT2D eigenvalue weighted by Crippen LogP contribution is -2.29. The average Bonchev–Trinajstić information content (AvgIpc) is 3.04. The molecule has 0 bridgehead atoms. The van der Waals surface area contributed by atoms with E-state index in [1.807, 2.05) is 0 Å². The molecule has 0 saturated carbocycles. The Morgan fingerprint density at radius 3 is 2.62 bits per heavy atom. The van der Waals surface area contributed by atoms with Gasteiger partial charge in [0.1, 0.15) is 22.9 Å². The van der Waals surface area contributed by atoms with Crippen LogP contribution in [0.2, 0.25) is 0 Å². The predicted octanol–water partition coefficient (Wildman–Crippen LogP) is 2.05. The number of imidazole rings is 1. The van der Waals surface area contributed by atoms with E-state index in [0.29, 0.717) is 18.1 Å². The minimum atomic E-state index is -0.893. The fraction of sp³-hybridized carbons (Fsp3) is 0.125. The lowest BCUT2D eigenvalue weighted by atomic mass is 10.2. The van der Waals surface area contributed by atoms with Gasteiger partial charge in [0.05, 0.1) is 6.20 Å². The number of hydrogen-bond donors (Lipinski definition) is 1. The summed E-state index contributed by atoms with van der Waals surface area (Å²) in [6.45, 7) is 0.546. The fourth-order valence-corrected chi connectivity index (χ4v) is 2.23. The SMILES string of the molecule is O=C(NCCn1ccnc1-c1cnccn1)c1c(F)cccc1F. The monoisotopic (exact) mass is 329 g/mol. The number of rotatable bonds is 5. The fourth-order valence-electron chi connectivity index (χ4n) is 2.23. The summed E-state index contributed by atoms with van der Waals surface area (Å²) in [5, 5.41) is 2.49. The highest BCUT2D eigenvalue weighted by Gasteiger charge is 2.16. The first-order valence-corrected chi connectivity index (χ1v) is 7.16. The second-order valence-electron chi connectivity index (χ2n) is 4.89. The molecule has 1 N–H and O–H groups in total. The molecule has 8 heteroatoms. The van der Waals surface area contributed by atoms with Crippen LogP contribution in [0.1, 0.15) is 10.4 Å². The number of nitrogens with zero attached hydrogens (tertiary/aromatic N) is 4. The van der Waals surface area contributed by atoms with Crippen molar-refractivity contribution in [3.05, 3.63) is 66.4 Å². The van der Waals surface area contributed by atoms with Gasteiger partial charge in [-0.15, -0.1) is 0 Å². The van der Waals surface area contributed by atoms with Gasteiger partial charge in [-0.3, -0.25) is 9.78 Å². The van der Waals surface area contributed by atoms with Crippen LogP contribution in [-0.2, 0) is 6.54 Å². The van der Waals surface area contributed by atoms with E-state index < -0.39 is 23.1 Å². The van der Waals surface area contributed by atoms with Gasteiger partial charge in [-0.2, -0.15) is 0 Å². The van der Waals surface area contributed by atoms with Gasteiger partial charge in [0.25, 0.3) is 5.91 Å². The highest BCUT2D eigenvalue weighted by Crippen LogP contribution is 2.13. The number of aromatic nitrogens is 4. The molecule has 0 saturated heterocycles. The van der Waals surface area contributed by atoms with Crippen LogP contribution in [-0.4, -0.2) is 32.0 Å². The molecule has 0 aliphatic carbocycles. The first kappa shape index (κ1) is 15.7. The van der Waals surface area contributed by atoms with Crippen LogP contribution < -0.4 is 5.32 Å². The molecule has 3 rings (SSSR count). The molecular weight excluding hydrogens is 316 g/mol. The number of nitrogens with one attached hydrogen (secondary N) is 1. The highest BCUT2D eigenvalue weighted by molar-refractivity contribution is 5.94. The number of benzene rings is 1. The van der Waals surface area contributed by atoms with Crippen molar-refractivity contribution in [2.45, 2.75) is 6.54 Å². The molecule has 1 amide bonds. The van der Waals surface area contributed by atoms with Crippen molar-refractivity contribution in [1.29, 1.82) is 0 Å². The number of carbonyl (C=O) groups excluding carboxylic acids is 1. The van der Waals surface area contributed by atoms with E-state index in [-0.39, 0.29) is 6.54 Å². The van der Waals surface area contributed by atoms with Gasteiger partial charge < -0.3 is 9.88 Å². The maximum Gasteiger partial charge on any atom is 0.257 e. The van der Waals surface area contributed by atoms with Crippen molar-refractivity contribution < 1.29 is 13.6 Å². The summed E-state index contributed by atoms with van der Waals surface area (Å²) in [6.07, 6.45) is 8.01. The molecule has 0 unspecified atom stereocenters. The van der Waals surface area contributed by atoms with E-state index in [9.17, 15) is 13.6 Å². The second kappa shape index (κ2) is 6.95. The van der Waals surface area contributed by atoms with Gasteiger partial charge in [0.15, 0.2) is 5.82 Å². The third-order valence-corrected chi connectivity index (χ3v) is 3.34. The summed E-state index contributed by atoms with van der Waals surface area (Å²) in [6, 6.07) is 3.29. The molecule has 0 aliphatic heterocycles. The molecule has 0 atom stereocenters. The Hall–Kier alpha value is -3.16. The van der Waals surface area contributed by atoms with Crippen LogP contribution in [0.15, 0.2) is 49.2 Å². The predicted molar refractivity (Wildman–Crippen MR) is 81.9 cm³/mol. The first-order chi connectivity index (χ1) is 11.7. The Kier molecular flexibility index (Phi) is 4.55. The Labute approximate surface area is 136 Å². The van der Waals surface area contributed by atoms with Crippen LogP contribution in [0.5, 0.6) is 0 Å². The molecule has 6 nitrogen and oxygen atoms in total. The van der Waals surface area contributed by atoms with Gasteiger partial charge in [-0.1, -0.05) is 6.07 Å². The molecule has 0 radical (unpaired) electrons. The molecule has 2 heterocycles. The van der Waals surface area contributed by atoms with Crippen LogP contribution >= 0.6 is 0 Å². The minimum absolute atomic E-state index is 0.177. The summed E-state index contributed by atoms with van der Waals surface area (Å²) < 4.78 is 28.9. The smallest absolute Gasteiger partial charge is 0.257 e. The maximum atomic E-state index is 13.6. The minimum Gasteiger partial charge on any atom is -0.350 e. The van der Waals surface area contributed by atoms with Gasteiger partial charge >= 0.3 is 0 Å². The maximum absolute atomic E-state index is 13.6. The highest BCUT2D eigenvalue weighted by atomic mass is 19.1. The topological polar surface area (TPSA) is 72.7 Å². The van der Waals surface area contributed by atoms with Crippen molar-refractivity contribution in [3.8, 4) is 11.5 Å². The van der Waals surface area contributed by atoms with Crippen molar-refractivity contribution in [3.63, 3.8) is 0 Å². The van der Waals surface area contributed by atoms with Crippen LogP contribution in [0.3, 0.4) is 0 Å². The van der Waals surface area contributed by atoms with E-state index in [1.54, 1.807) is 35.6 Å². The number of hydrogen-bond acceptors (Lipinski definition) is 4. The third kappa shape index (κ3) is 3.27. The Morgan fingerprint density at radius 2 is 1.92 bits per heavy atom. The van der Waals surface area contributed by atoms with Crippen molar-refractivity contribution >= 4 is 5.91 Å². The third-order valence-electron chi connectivity index (χ3n) is 3.34. The molecule has 0 spiro atoms. The van der Waals surface area contributed by atoms with E-state index in [0.717, 1.165) is 12.1 Å². The summed E-state index contributed by atoms with van der Waals surface area (Å²) in [4.78, 5) is 24.3. The van der Waals surface area contributed by atoms with Crippen molar-refractivity contribution in [1.82, 2.24) is 24.8 Å². The molecule has 1 aromatic carbocycles. The van der Waals surface area contributed by atoms with Crippen LogP contribution in [0.25, 0.3) is 11.5 Å². The van der Waals surface area contributed by atoms with E-state index in [2.05, 4.69) is 20.3 Å². The molecule has 122 valence electrons. The Balaban J connectivity index is 1.66. The number of amides is 1. The zero-order valence-electron chi connectivity index (χ0n) is 12.5. The quantitative estimate of drug-likeness (QED) is 0.777. The number of carbonyl (C=O) groups is 1. The van der Waals surface area contributed by atoms with Crippen LogP contribution in [0.4, 0.5) is 8.78 Å². The van der Waals surface area contributed by atoms with Crippen LogP contribution in [0, 0.1) is 11.6 Å². The molecular formula is C16H13F2N5O. The van der Waals surface area contributed by atoms with E-state index >= 15 is 0 Å². The van der Waals surface area contributed by atoms with E-state index in [1.165, 1.54) is 6.07 Å². The second-order valence-corrected chi connectivity index (χ2v) is 4.89. The van der Waals surface area contributed by atoms with Gasteiger partial charge in [0.2, 0.25) is 0 Å². The first-order valence-electron chi connectivity index (χ1n) is 7.16. The average molecular weight is 329 g/mol. The van der Waals surface area contributed by atoms with Crippen molar-refractivity contribution in [2.75, 3.05) is 6.54 Å². The lowest BCUT2D eigenvalue weighted by molar-refractivity contribution is 0.0944. The molecule has 0 fully saturated rings. The van der Waals surface area contributed by atoms with Gasteiger partial charge in [-0.05, 0) is 12.1 Å². The Morgan fingerprint density at radius 1 is 1.12 bits per heavy atom. The standard InChI is InChI=1S/C16H13F2N5O/c17-11-2-1-3-12(18)14(11)16(24)22-7-9-23-8-6-21-15(23)13-10-19-4-5-20-13/h1-6,8,10H,7,9H2,(H,22,24). The Bertz CT molecular complexity index is 830. The summed E-state index contributed by atoms with van der Waals surface area (Å²) in [7, 11) is 0. The molecule has 2 aromatic heterocycles. The van der Waals surface area contributed by atoms with Crippen molar-refractivity contribution in [2.24, 2.45) is 0 Å². The lowest BCUT2D eigenvalue weighted by Gasteiger charge is -2.09. The zero-order chi connectivity index (χ0) is 16.9. The molecule has 3 aromatic rings.